The quantitative estimate of drug-likeness (QED) is 0.526. The summed E-state index contributed by atoms with van der Waals surface area (Å²) in [6.45, 7) is 3.69. The molecule has 1 fully saturated rings. The van der Waals surface area contributed by atoms with E-state index in [1.54, 1.807) is 23.6 Å². The first kappa shape index (κ1) is 19.1. The van der Waals surface area contributed by atoms with Crippen molar-refractivity contribution in [2.24, 2.45) is 7.05 Å². The van der Waals surface area contributed by atoms with Crippen molar-refractivity contribution >= 4 is 39.8 Å². The summed E-state index contributed by atoms with van der Waals surface area (Å²) in [4.78, 5) is 18.6. The van der Waals surface area contributed by atoms with Crippen molar-refractivity contribution in [2.75, 3.05) is 4.90 Å². The molecule has 8 heteroatoms. The zero-order chi connectivity index (χ0) is 19.7. The first-order chi connectivity index (χ1) is 13.6. The molecule has 0 atom stereocenters. The van der Waals surface area contributed by atoms with Crippen molar-refractivity contribution in [1.29, 1.82) is 0 Å². The van der Waals surface area contributed by atoms with E-state index in [0.717, 1.165) is 28.8 Å². The largest absolute Gasteiger partial charge is 0.309 e. The molecule has 1 aliphatic rings. The second-order valence-corrected chi connectivity index (χ2v) is 8.74. The van der Waals surface area contributed by atoms with Gasteiger partial charge in [-0.2, -0.15) is 0 Å². The van der Waals surface area contributed by atoms with Crippen molar-refractivity contribution in [3.8, 4) is 0 Å². The molecule has 0 spiro atoms. The summed E-state index contributed by atoms with van der Waals surface area (Å²) in [5, 5.41) is 12.3. The molecule has 146 valence electrons. The lowest BCUT2D eigenvalue weighted by Crippen LogP contribution is -2.22. The lowest BCUT2D eigenvalue weighted by molar-refractivity contribution is -0.115. The molecule has 1 aromatic carbocycles. The van der Waals surface area contributed by atoms with Crippen LogP contribution in [-0.2, 0) is 24.0 Å². The fourth-order valence-electron chi connectivity index (χ4n) is 3.06. The van der Waals surface area contributed by atoms with Gasteiger partial charge in [0.25, 0.3) is 0 Å². The molecular formula is C20H23N5OS2. The number of aryl methyl sites for hydroxylation is 1. The maximum Gasteiger partial charge on any atom is 0.230 e. The van der Waals surface area contributed by atoms with E-state index in [0.29, 0.717) is 16.8 Å². The number of benzene rings is 1. The Hall–Kier alpha value is -2.19. The number of nitrogens with zero attached hydrogens (tertiary/aromatic N) is 5. The van der Waals surface area contributed by atoms with E-state index in [2.05, 4.69) is 33.8 Å². The minimum atomic E-state index is -0.0415. The first-order valence-corrected chi connectivity index (χ1v) is 11.3. The van der Waals surface area contributed by atoms with Gasteiger partial charge in [-0.15, -0.1) is 21.5 Å². The Balaban J connectivity index is 1.47. The van der Waals surface area contributed by atoms with Gasteiger partial charge in [-0.25, -0.2) is 4.98 Å². The average Bonchev–Trinajstić information content (AvgIpc) is 3.32. The van der Waals surface area contributed by atoms with Gasteiger partial charge in [-0.05, 0) is 37.0 Å². The molecule has 0 radical (unpaired) electrons. The van der Waals surface area contributed by atoms with Crippen molar-refractivity contribution < 1.29 is 4.79 Å². The van der Waals surface area contributed by atoms with Crippen LogP contribution in [0.2, 0.25) is 0 Å². The first-order valence-electron chi connectivity index (χ1n) is 9.43. The molecule has 0 unspecified atom stereocenters. The fraction of sp³-hybridized carbons (Fsp3) is 0.400. The van der Waals surface area contributed by atoms with Gasteiger partial charge in [-0.1, -0.05) is 30.8 Å². The normalized spacial score (nSPS) is 13.7. The fourth-order valence-corrected chi connectivity index (χ4v) is 4.86. The standard InChI is InChI=1S/C20H23N5OS2/c1-4-14-5-9-17(10-6-14)25(13(2)26)19-21-16(11-27-19)12-28-20-23-22-18(24(20)3)15-7-8-15/h5-6,9-11,15H,4,7-8,12H2,1-3H3. The van der Waals surface area contributed by atoms with Crippen LogP contribution in [0.4, 0.5) is 10.8 Å². The molecule has 4 rings (SSSR count). The molecular weight excluding hydrogens is 390 g/mol. The highest BCUT2D eigenvalue weighted by Gasteiger charge is 2.29. The van der Waals surface area contributed by atoms with E-state index < -0.39 is 0 Å². The zero-order valence-corrected chi connectivity index (χ0v) is 17.9. The summed E-state index contributed by atoms with van der Waals surface area (Å²) in [5.74, 6) is 2.33. The maximum absolute atomic E-state index is 12.3. The molecule has 1 aliphatic carbocycles. The number of thiazole rings is 1. The number of thioether (sulfide) groups is 1. The number of hydrogen-bond donors (Lipinski definition) is 0. The van der Waals surface area contributed by atoms with E-state index in [1.165, 1.54) is 29.7 Å². The van der Waals surface area contributed by atoms with Gasteiger partial charge < -0.3 is 4.57 Å². The van der Waals surface area contributed by atoms with Crippen molar-refractivity contribution in [2.45, 2.75) is 49.9 Å². The number of carbonyl (C=O) groups is 1. The van der Waals surface area contributed by atoms with Crippen LogP contribution in [-0.4, -0.2) is 25.7 Å². The minimum absolute atomic E-state index is 0.0415. The Morgan fingerprint density at radius 2 is 2.04 bits per heavy atom. The van der Waals surface area contributed by atoms with Crippen LogP contribution in [0.25, 0.3) is 0 Å². The topological polar surface area (TPSA) is 63.9 Å². The van der Waals surface area contributed by atoms with Crippen LogP contribution in [0.15, 0.2) is 34.8 Å². The van der Waals surface area contributed by atoms with Gasteiger partial charge in [0, 0.05) is 31.0 Å². The SMILES string of the molecule is CCc1ccc(N(C(C)=O)c2nc(CSc3nnc(C4CC4)n3C)cs2)cc1. The summed E-state index contributed by atoms with van der Waals surface area (Å²) in [5.41, 5.74) is 3.04. The smallest absolute Gasteiger partial charge is 0.230 e. The highest BCUT2D eigenvalue weighted by Crippen LogP contribution is 2.40. The van der Waals surface area contributed by atoms with Crippen molar-refractivity contribution in [1.82, 2.24) is 19.7 Å². The molecule has 3 aromatic rings. The van der Waals surface area contributed by atoms with E-state index >= 15 is 0 Å². The van der Waals surface area contributed by atoms with Crippen molar-refractivity contribution in [3.63, 3.8) is 0 Å². The molecule has 0 bridgehead atoms. The van der Waals surface area contributed by atoms with Crippen LogP contribution in [0.1, 0.15) is 49.7 Å². The van der Waals surface area contributed by atoms with Gasteiger partial charge in [-0.3, -0.25) is 9.69 Å². The highest BCUT2D eigenvalue weighted by atomic mass is 32.2. The molecule has 0 saturated heterocycles. The van der Waals surface area contributed by atoms with Gasteiger partial charge in [0.2, 0.25) is 5.91 Å². The summed E-state index contributed by atoms with van der Waals surface area (Å²) >= 11 is 3.12. The number of aromatic nitrogens is 4. The number of amides is 1. The summed E-state index contributed by atoms with van der Waals surface area (Å²) in [6.07, 6.45) is 3.40. The highest BCUT2D eigenvalue weighted by molar-refractivity contribution is 7.98. The van der Waals surface area contributed by atoms with Crippen LogP contribution in [0.5, 0.6) is 0 Å². The predicted molar refractivity (Wildman–Crippen MR) is 113 cm³/mol. The van der Waals surface area contributed by atoms with E-state index in [9.17, 15) is 4.79 Å². The third-order valence-corrected chi connectivity index (χ3v) is 6.74. The predicted octanol–water partition coefficient (Wildman–Crippen LogP) is 4.69. The van der Waals surface area contributed by atoms with Crippen LogP contribution in [0.3, 0.4) is 0 Å². The van der Waals surface area contributed by atoms with Crippen molar-refractivity contribution in [3.05, 3.63) is 46.7 Å². The number of rotatable bonds is 7. The average molecular weight is 414 g/mol. The van der Waals surface area contributed by atoms with E-state index in [-0.39, 0.29) is 5.91 Å². The third kappa shape index (κ3) is 3.98. The molecule has 2 heterocycles. The molecule has 2 aromatic heterocycles. The number of carbonyl (C=O) groups excluding carboxylic acids is 1. The van der Waals surface area contributed by atoms with Crippen LogP contribution >= 0.6 is 23.1 Å². The van der Waals surface area contributed by atoms with Crippen LogP contribution < -0.4 is 4.90 Å². The number of anilines is 2. The van der Waals surface area contributed by atoms with Gasteiger partial charge >= 0.3 is 0 Å². The monoisotopic (exact) mass is 413 g/mol. The number of hydrogen-bond acceptors (Lipinski definition) is 6. The molecule has 28 heavy (non-hydrogen) atoms. The Bertz CT molecular complexity index is 975. The summed E-state index contributed by atoms with van der Waals surface area (Å²) in [6, 6.07) is 8.08. The third-order valence-electron chi connectivity index (χ3n) is 4.81. The van der Waals surface area contributed by atoms with Gasteiger partial charge in [0.1, 0.15) is 5.82 Å². The summed E-state index contributed by atoms with van der Waals surface area (Å²) in [7, 11) is 2.03. The van der Waals surface area contributed by atoms with E-state index in [1.807, 2.05) is 24.6 Å². The minimum Gasteiger partial charge on any atom is -0.309 e. The molecule has 1 amide bonds. The van der Waals surface area contributed by atoms with E-state index in [4.69, 9.17) is 4.98 Å². The lowest BCUT2D eigenvalue weighted by atomic mass is 10.1. The van der Waals surface area contributed by atoms with Gasteiger partial charge in [0.15, 0.2) is 10.3 Å². The van der Waals surface area contributed by atoms with Crippen LogP contribution in [0, 0.1) is 0 Å². The Labute approximate surface area is 173 Å². The Kier molecular flexibility index (Phi) is 5.50. The second kappa shape index (κ2) is 8.05. The lowest BCUT2D eigenvalue weighted by Gasteiger charge is -2.18. The summed E-state index contributed by atoms with van der Waals surface area (Å²) < 4.78 is 2.09. The Morgan fingerprint density at radius 1 is 1.29 bits per heavy atom. The molecule has 0 aliphatic heterocycles. The molecule has 6 nitrogen and oxygen atoms in total. The Morgan fingerprint density at radius 3 is 2.68 bits per heavy atom. The zero-order valence-electron chi connectivity index (χ0n) is 16.3. The molecule has 0 N–H and O–H groups in total. The van der Waals surface area contributed by atoms with Gasteiger partial charge in [0.05, 0.1) is 11.4 Å². The second-order valence-electron chi connectivity index (χ2n) is 6.96. The maximum atomic E-state index is 12.3. The molecule has 1 saturated carbocycles.